The van der Waals surface area contributed by atoms with Gasteiger partial charge in [-0.1, -0.05) is 4.40 Å². The fourth-order valence-corrected chi connectivity index (χ4v) is 5.36. The molecule has 0 unspecified atom stereocenters. The van der Waals surface area contributed by atoms with Crippen LogP contribution in [0.25, 0.3) is 16.6 Å². The van der Waals surface area contributed by atoms with E-state index in [-0.39, 0.29) is 5.82 Å². The van der Waals surface area contributed by atoms with Gasteiger partial charge in [0, 0.05) is 80.3 Å². The Balaban J connectivity index is 1.19. The minimum Gasteiger partial charge on any atom is -0.591 e. The summed E-state index contributed by atoms with van der Waals surface area (Å²) in [5, 5.41) is 8.68. The number of benzene rings is 1. The van der Waals surface area contributed by atoms with E-state index in [2.05, 4.69) is 45.4 Å². The molecule has 0 amide bonds. The van der Waals surface area contributed by atoms with Gasteiger partial charge in [0.15, 0.2) is 5.82 Å². The lowest BCUT2D eigenvalue weighted by Crippen LogP contribution is -2.47. The van der Waals surface area contributed by atoms with Crippen LogP contribution in [0.3, 0.4) is 0 Å². The van der Waals surface area contributed by atoms with Gasteiger partial charge in [-0.25, -0.2) is 23.9 Å². The minimum absolute atomic E-state index is 0.352. The summed E-state index contributed by atoms with van der Waals surface area (Å²) in [5.41, 5.74) is 4.72. The number of piperazine rings is 1. The highest BCUT2D eigenvalue weighted by molar-refractivity contribution is 7.91. The summed E-state index contributed by atoms with van der Waals surface area (Å²) in [4.78, 5) is 18.2. The van der Waals surface area contributed by atoms with Crippen molar-refractivity contribution in [3.05, 3.63) is 84.6 Å². The van der Waals surface area contributed by atoms with E-state index in [1.165, 1.54) is 12.1 Å². The van der Waals surface area contributed by atoms with E-state index in [0.717, 1.165) is 35.6 Å². The quantitative estimate of drug-likeness (QED) is 0.219. The first kappa shape index (κ1) is 27.8. The molecule has 216 valence electrons. The first-order chi connectivity index (χ1) is 20.2. The van der Waals surface area contributed by atoms with E-state index in [1.807, 2.05) is 50.9 Å². The molecule has 0 saturated carbocycles. The van der Waals surface area contributed by atoms with Crippen LogP contribution in [0.4, 0.5) is 16.2 Å². The van der Waals surface area contributed by atoms with E-state index in [0.29, 0.717) is 35.9 Å². The summed E-state index contributed by atoms with van der Waals surface area (Å²) < 4.78 is 34.1. The van der Waals surface area contributed by atoms with Crippen LogP contribution >= 0.6 is 0 Å². The van der Waals surface area contributed by atoms with Crippen molar-refractivity contribution in [3.63, 3.8) is 0 Å². The molecule has 6 rings (SSSR count). The monoisotopic (exact) mass is 586 g/mol. The predicted molar refractivity (Wildman–Crippen MR) is 162 cm³/mol. The highest BCUT2D eigenvalue weighted by atomic mass is 32.2. The van der Waals surface area contributed by atoms with Crippen molar-refractivity contribution in [2.24, 2.45) is 11.4 Å². The van der Waals surface area contributed by atoms with Crippen LogP contribution in [-0.4, -0.2) is 75.5 Å². The van der Waals surface area contributed by atoms with Crippen molar-refractivity contribution in [1.29, 1.82) is 0 Å². The average molecular weight is 587 g/mol. The SMILES string of the molecule is Cn1cc(-c2cc3c(N4CCN(c5ncc(C(=N[S@@+]([O-])C(C)(C)C)c6ccc(F)cc6)cn5)CC4)ncnn3c2)cn1. The maximum Gasteiger partial charge on any atom is 0.225 e. The maximum absolute atomic E-state index is 13.6. The van der Waals surface area contributed by atoms with Crippen LogP contribution in [0.15, 0.2) is 72.0 Å². The lowest BCUT2D eigenvalue weighted by Gasteiger charge is -2.35. The van der Waals surface area contributed by atoms with Crippen molar-refractivity contribution in [1.82, 2.24) is 34.3 Å². The number of halogens is 1. The highest BCUT2D eigenvalue weighted by Crippen LogP contribution is 2.27. The third-order valence-electron chi connectivity index (χ3n) is 7.01. The van der Waals surface area contributed by atoms with Crippen LogP contribution < -0.4 is 9.80 Å². The molecule has 5 heterocycles. The summed E-state index contributed by atoms with van der Waals surface area (Å²) in [6, 6.07) is 8.05. The standard InChI is InChI=1S/C29H31FN10OS/c1-29(2,3)42(41)36-26(20-5-7-24(30)8-6-20)22-14-31-28(32-15-22)39-11-9-38(10-12-39)27-25-13-21(18-40(25)35-19-33-27)23-16-34-37(4)17-23/h5-8,13-19H,9-12H2,1-4H3/t42-/m0/s1. The van der Waals surface area contributed by atoms with Crippen molar-refractivity contribution in [2.75, 3.05) is 36.0 Å². The number of anilines is 2. The number of aryl methyl sites for hydroxylation is 1. The van der Waals surface area contributed by atoms with Gasteiger partial charge in [0.1, 0.15) is 39.5 Å². The number of aromatic nitrogens is 7. The minimum atomic E-state index is -1.52. The lowest BCUT2D eigenvalue weighted by atomic mass is 10.1. The molecule has 0 aliphatic carbocycles. The summed E-state index contributed by atoms with van der Waals surface area (Å²) in [6.45, 7) is 8.46. The van der Waals surface area contributed by atoms with Crippen molar-refractivity contribution in [3.8, 4) is 11.1 Å². The van der Waals surface area contributed by atoms with Gasteiger partial charge >= 0.3 is 0 Å². The van der Waals surface area contributed by atoms with Crippen molar-refractivity contribution < 1.29 is 8.94 Å². The number of nitrogens with zero attached hydrogens (tertiary/aromatic N) is 10. The Morgan fingerprint density at radius 2 is 1.57 bits per heavy atom. The second kappa shape index (κ2) is 11.1. The molecule has 4 aromatic heterocycles. The van der Waals surface area contributed by atoms with Crippen LogP contribution in [-0.2, 0) is 18.4 Å². The van der Waals surface area contributed by atoms with Crippen molar-refractivity contribution in [2.45, 2.75) is 25.5 Å². The molecule has 11 nitrogen and oxygen atoms in total. The molecule has 1 aromatic carbocycles. The molecular formula is C29H31FN10OS. The van der Waals surface area contributed by atoms with E-state index in [4.69, 9.17) is 0 Å². The largest absolute Gasteiger partial charge is 0.591 e. The van der Waals surface area contributed by atoms with Crippen LogP contribution in [0.2, 0.25) is 0 Å². The average Bonchev–Trinajstić information content (AvgIpc) is 3.62. The first-order valence-corrected chi connectivity index (χ1v) is 14.7. The third kappa shape index (κ3) is 5.70. The summed E-state index contributed by atoms with van der Waals surface area (Å²) in [6.07, 6.45) is 10.8. The van der Waals surface area contributed by atoms with Crippen molar-refractivity contribution >= 4 is 34.4 Å². The fourth-order valence-electron chi connectivity index (χ4n) is 4.71. The molecule has 5 aromatic rings. The second-order valence-electron chi connectivity index (χ2n) is 11.1. The molecule has 1 atom stereocenters. The summed E-state index contributed by atoms with van der Waals surface area (Å²) in [7, 11) is 1.90. The van der Waals surface area contributed by atoms with Gasteiger partial charge in [-0.15, -0.1) is 0 Å². The zero-order valence-corrected chi connectivity index (χ0v) is 24.7. The molecule has 0 bridgehead atoms. The highest BCUT2D eigenvalue weighted by Gasteiger charge is 2.28. The lowest BCUT2D eigenvalue weighted by molar-refractivity contribution is 0.561. The first-order valence-electron chi connectivity index (χ1n) is 13.6. The molecule has 0 spiro atoms. The molecular weight excluding hydrogens is 555 g/mol. The Bertz CT molecular complexity index is 1720. The summed E-state index contributed by atoms with van der Waals surface area (Å²) in [5.74, 6) is 1.13. The van der Waals surface area contributed by atoms with Gasteiger partial charge in [-0.2, -0.15) is 10.2 Å². The Labute approximate surface area is 246 Å². The molecule has 1 aliphatic heterocycles. The molecule has 1 saturated heterocycles. The van der Waals surface area contributed by atoms with Gasteiger partial charge in [-0.05, 0) is 51.1 Å². The maximum atomic E-state index is 13.6. The molecule has 1 aliphatic rings. The Kier molecular flexibility index (Phi) is 7.37. The van der Waals surface area contributed by atoms with Crippen LogP contribution in [0.1, 0.15) is 31.9 Å². The Morgan fingerprint density at radius 3 is 2.21 bits per heavy atom. The third-order valence-corrected chi connectivity index (χ3v) is 8.41. The smallest absolute Gasteiger partial charge is 0.225 e. The second-order valence-corrected chi connectivity index (χ2v) is 13.0. The number of hydrogen-bond donors (Lipinski definition) is 0. The molecule has 0 radical (unpaired) electrons. The topological polar surface area (TPSA) is 116 Å². The van der Waals surface area contributed by atoms with E-state index in [9.17, 15) is 8.94 Å². The van der Waals surface area contributed by atoms with Crippen LogP contribution in [0, 0.1) is 5.82 Å². The molecule has 42 heavy (non-hydrogen) atoms. The molecule has 1 fully saturated rings. The number of fused-ring (bicyclic) bond motifs is 1. The van der Waals surface area contributed by atoms with Gasteiger partial charge in [-0.3, -0.25) is 4.68 Å². The zero-order chi connectivity index (χ0) is 29.4. The van der Waals surface area contributed by atoms with Gasteiger partial charge in [0.05, 0.1) is 6.20 Å². The normalized spacial score (nSPS) is 15.4. The molecule has 0 N–H and O–H groups in total. The zero-order valence-electron chi connectivity index (χ0n) is 23.8. The van der Waals surface area contributed by atoms with Crippen LogP contribution in [0.5, 0.6) is 0 Å². The van der Waals surface area contributed by atoms with E-state index >= 15 is 0 Å². The predicted octanol–water partition coefficient (Wildman–Crippen LogP) is 3.69. The van der Waals surface area contributed by atoms with E-state index < -0.39 is 16.1 Å². The number of rotatable bonds is 6. The van der Waals surface area contributed by atoms with Gasteiger partial charge in [0.2, 0.25) is 5.95 Å². The van der Waals surface area contributed by atoms with E-state index in [1.54, 1.807) is 35.5 Å². The molecule has 13 heteroatoms. The van der Waals surface area contributed by atoms with Gasteiger partial charge < -0.3 is 14.4 Å². The number of hydrogen-bond acceptors (Lipinski definition) is 9. The Morgan fingerprint density at radius 1 is 0.881 bits per heavy atom. The Hall–Kier alpha value is -4.36. The fraction of sp³-hybridized carbons (Fsp3) is 0.310. The summed E-state index contributed by atoms with van der Waals surface area (Å²) >= 11 is -1.52. The van der Waals surface area contributed by atoms with Gasteiger partial charge in [0.25, 0.3) is 0 Å².